The summed E-state index contributed by atoms with van der Waals surface area (Å²) in [4.78, 5) is 38.0. The second kappa shape index (κ2) is 8.98. The summed E-state index contributed by atoms with van der Waals surface area (Å²) in [5.74, 6) is -0.618. The molecule has 3 amide bonds. The number of hydrogen-bond donors (Lipinski definition) is 2. The second-order valence-electron chi connectivity index (χ2n) is 6.53. The van der Waals surface area contributed by atoms with Crippen molar-refractivity contribution < 1.29 is 14.4 Å². The second-order valence-corrected chi connectivity index (χ2v) is 6.53. The molecule has 6 heteroatoms. The highest BCUT2D eigenvalue weighted by Crippen LogP contribution is 2.09. The summed E-state index contributed by atoms with van der Waals surface area (Å²) >= 11 is 0. The normalized spacial score (nSPS) is 11.4. The molecule has 0 saturated heterocycles. The van der Waals surface area contributed by atoms with Crippen LogP contribution in [0.25, 0.3) is 0 Å². The summed E-state index contributed by atoms with van der Waals surface area (Å²) in [5, 5.41) is 5.30. The van der Waals surface area contributed by atoms with Crippen LogP contribution < -0.4 is 10.6 Å². The maximum absolute atomic E-state index is 12.5. The van der Waals surface area contributed by atoms with Crippen LogP contribution in [0.3, 0.4) is 0 Å². The summed E-state index contributed by atoms with van der Waals surface area (Å²) < 4.78 is 0. The van der Waals surface area contributed by atoms with Crippen molar-refractivity contribution in [2.75, 3.05) is 14.1 Å². The van der Waals surface area contributed by atoms with Gasteiger partial charge in [0.1, 0.15) is 6.04 Å². The largest absolute Gasteiger partial charge is 0.355 e. The number of carbonyl (C=O) groups excluding carboxylic acids is 3. The first kappa shape index (κ1) is 20.2. The number of likely N-dealkylation sites (N-methyl/N-ethyl adjacent to an activating group) is 1. The fourth-order valence-corrected chi connectivity index (χ4v) is 2.72. The summed E-state index contributed by atoms with van der Waals surface area (Å²) in [7, 11) is 3.26. The first-order valence-electron chi connectivity index (χ1n) is 8.75. The van der Waals surface area contributed by atoms with Crippen molar-refractivity contribution in [3.05, 3.63) is 70.8 Å². The predicted octanol–water partition coefficient (Wildman–Crippen LogP) is 2.13. The molecule has 2 N–H and O–H groups in total. The van der Waals surface area contributed by atoms with E-state index in [-0.39, 0.29) is 17.7 Å². The summed E-state index contributed by atoms with van der Waals surface area (Å²) in [6.45, 7) is 3.97. The third kappa shape index (κ3) is 5.41. The molecule has 142 valence electrons. The average molecular weight is 367 g/mol. The molecule has 0 aliphatic rings. The molecule has 6 nitrogen and oxygen atoms in total. The van der Waals surface area contributed by atoms with E-state index in [0.29, 0.717) is 17.7 Å². The van der Waals surface area contributed by atoms with E-state index >= 15 is 0 Å². The molecule has 0 aliphatic carbocycles. The lowest BCUT2D eigenvalue weighted by Crippen LogP contribution is -2.45. The number of aryl methyl sites for hydroxylation is 1. The van der Waals surface area contributed by atoms with Crippen LogP contribution in [-0.4, -0.2) is 42.8 Å². The van der Waals surface area contributed by atoms with Gasteiger partial charge in [-0.2, -0.15) is 0 Å². The molecule has 0 saturated carbocycles. The number of benzene rings is 2. The lowest BCUT2D eigenvalue weighted by molar-refractivity contribution is -0.132. The Bertz CT molecular complexity index is 831. The minimum absolute atomic E-state index is 0.154. The lowest BCUT2D eigenvalue weighted by Gasteiger charge is -2.22. The van der Waals surface area contributed by atoms with Gasteiger partial charge in [-0.25, -0.2) is 0 Å². The van der Waals surface area contributed by atoms with Gasteiger partial charge in [0.05, 0.1) is 0 Å². The fraction of sp³-hybridized carbons (Fsp3) is 0.286. The monoisotopic (exact) mass is 367 g/mol. The molecule has 2 aromatic rings. The Morgan fingerprint density at radius 1 is 1.00 bits per heavy atom. The Labute approximate surface area is 159 Å². The van der Waals surface area contributed by atoms with E-state index in [1.165, 1.54) is 0 Å². The van der Waals surface area contributed by atoms with Crippen molar-refractivity contribution in [3.63, 3.8) is 0 Å². The van der Waals surface area contributed by atoms with Crippen LogP contribution >= 0.6 is 0 Å². The van der Waals surface area contributed by atoms with E-state index in [2.05, 4.69) is 10.6 Å². The van der Waals surface area contributed by atoms with Gasteiger partial charge in [-0.3, -0.25) is 14.4 Å². The molecule has 0 fully saturated rings. The van der Waals surface area contributed by atoms with Gasteiger partial charge in [0.25, 0.3) is 11.8 Å². The van der Waals surface area contributed by atoms with Crippen molar-refractivity contribution in [1.82, 2.24) is 15.5 Å². The van der Waals surface area contributed by atoms with Gasteiger partial charge in [0.2, 0.25) is 5.91 Å². The molecule has 0 spiro atoms. The van der Waals surface area contributed by atoms with Crippen LogP contribution in [0.1, 0.15) is 38.8 Å². The Hall–Kier alpha value is -3.15. The first-order chi connectivity index (χ1) is 12.8. The molecule has 0 aromatic heterocycles. The summed E-state index contributed by atoms with van der Waals surface area (Å²) in [6, 6.07) is 13.6. The van der Waals surface area contributed by atoms with Crippen LogP contribution in [0.5, 0.6) is 0 Å². The minimum Gasteiger partial charge on any atom is -0.355 e. The molecule has 2 aromatic carbocycles. The number of nitrogens with one attached hydrogen (secondary N) is 2. The van der Waals surface area contributed by atoms with Crippen LogP contribution in [0.2, 0.25) is 0 Å². The highest BCUT2D eigenvalue weighted by atomic mass is 16.2. The first-order valence-corrected chi connectivity index (χ1v) is 8.75. The smallest absolute Gasteiger partial charge is 0.251 e. The number of hydrogen-bond acceptors (Lipinski definition) is 3. The molecule has 0 heterocycles. The molecule has 27 heavy (non-hydrogen) atoms. The molecule has 0 unspecified atom stereocenters. The molecular formula is C21H25N3O3. The number of carbonyl (C=O) groups is 3. The van der Waals surface area contributed by atoms with Crippen LogP contribution in [-0.2, 0) is 11.3 Å². The maximum Gasteiger partial charge on any atom is 0.251 e. The predicted molar refractivity (Wildman–Crippen MR) is 104 cm³/mol. The van der Waals surface area contributed by atoms with Crippen molar-refractivity contribution in [2.24, 2.45) is 0 Å². The highest BCUT2D eigenvalue weighted by molar-refractivity contribution is 5.97. The van der Waals surface area contributed by atoms with Crippen molar-refractivity contribution in [3.8, 4) is 0 Å². The third-order valence-electron chi connectivity index (χ3n) is 4.24. The Kier molecular flexibility index (Phi) is 6.71. The van der Waals surface area contributed by atoms with E-state index < -0.39 is 6.04 Å². The van der Waals surface area contributed by atoms with Crippen molar-refractivity contribution in [1.29, 1.82) is 0 Å². The third-order valence-corrected chi connectivity index (χ3v) is 4.24. The average Bonchev–Trinajstić information content (AvgIpc) is 2.67. The molecule has 0 bridgehead atoms. The van der Waals surface area contributed by atoms with Gasteiger partial charge in [-0.15, -0.1) is 0 Å². The number of nitrogens with zero attached hydrogens (tertiary/aromatic N) is 1. The van der Waals surface area contributed by atoms with Gasteiger partial charge in [-0.1, -0.05) is 29.8 Å². The minimum atomic E-state index is -0.645. The fourth-order valence-electron chi connectivity index (χ4n) is 2.72. The SMILES string of the molecule is CNC(=O)c1ccc(CN(C)C(=O)[C@H](C)NC(=O)c2cccc(C)c2)cc1. The molecule has 1 atom stereocenters. The van der Waals surface area contributed by atoms with E-state index in [9.17, 15) is 14.4 Å². The van der Waals surface area contributed by atoms with E-state index in [4.69, 9.17) is 0 Å². The topological polar surface area (TPSA) is 78.5 Å². The molecule has 0 aliphatic heterocycles. The van der Waals surface area contributed by atoms with Crippen molar-refractivity contribution >= 4 is 17.7 Å². The lowest BCUT2D eigenvalue weighted by atomic mass is 10.1. The van der Waals surface area contributed by atoms with Gasteiger partial charge >= 0.3 is 0 Å². The van der Waals surface area contributed by atoms with E-state index in [0.717, 1.165) is 11.1 Å². The Morgan fingerprint density at radius 3 is 2.26 bits per heavy atom. The number of amides is 3. The number of rotatable bonds is 6. The van der Waals surface area contributed by atoms with Gasteiger partial charge in [0.15, 0.2) is 0 Å². The zero-order valence-electron chi connectivity index (χ0n) is 16.1. The Balaban J connectivity index is 1.95. The standard InChI is InChI=1S/C21H25N3O3/c1-14-6-5-7-18(12-14)20(26)23-15(2)21(27)24(4)13-16-8-10-17(11-9-16)19(25)22-3/h5-12,15H,13H2,1-4H3,(H,22,25)(H,23,26)/t15-/m0/s1. The summed E-state index contributed by atoms with van der Waals surface area (Å²) in [6.07, 6.45) is 0. The quantitative estimate of drug-likeness (QED) is 0.821. The van der Waals surface area contributed by atoms with E-state index in [1.807, 2.05) is 31.2 Å². The zero-order valence-corrected chi connectivity index (χ0v) is 16.1. The molecule has 2 rings (SSSR count). The van der Waals surface area contributed by atoms with Gasteiger partial charge < -0.3 is 15.5 Å². The van der Waals surface area contributed by atoms with Gasteiger partial charge in [0, 0.05) is 31.8 Å². The van der Waals surface area contributed by atoms with Crippen molar-refractivity contribution in [2.45, 2.75) is 26.4 Å². The highest BCUT2D eigenvalue weighted by Gasteiger charge is 2.20. The molecule has 0 radical (unpaired) electrons. The van der Waals surface area contributed by atoms with Gasteiger partial charge in [-0.05, 0) is 43.7 Å². The summed E-state index contributed by atoms with van der Waals surface area (Å²) in [5.41, 5.74) is 2.98. The maximum atomic E-state index is 12.5. The zero-order chi connectivity index (χ0) is 20.0. The van der Waals surface area contributed by atoms with Crippen LogP contribution in [0, 0.1) is 6.92 Å². The van der Waals surface area contributed by atoms with Crippen LogP contribution in [0.15, 0.2) is 48.5 Å². The molecular weight excluding hydrogens is 342 g/mol. The van der Waals surface area contributed by atoms with E-state index in [1.54, 1.807) is 50.2 Å². The van der Waals surface area contributed by atoms with Crippen LogP contribution in [0.4, 0.5) is 0 Å². The Morgan fingerprint density at radius 2 is 1.67 bits per heavy atom.